The fraction of sp³-hybridized carbons (Fsp3) is 0.455. The second-order valence-electron chi connectivity index (χ2n) is 3.84. The van der Waals surface area contributed by atoms with Crippen molar-refractivity contribution in [3.05, 3.63) is 35.6 Å². The van der Waals surface area contributed by atoms with Crippen molar-refractivity contribution in [3.8, 4) is 0 Å². The number of hydrogen-bond acceptors (Lipinski definition) is 1. The molecule has 1 nitrogen and oxygen atoms in total. The van der Waals surface area contributed by atoms with E-state index < -0.39 is 5.54 Å². The third-order valence-electron chi connectivity index (χ3n) is 2.91. The highest BCUT2D eigenvalue weighted by Gasteiger charge is 2.33. The van der Waals surface area contributed by atoms with Crippen molar-refractivity contribution < 1.29 is 4.39 Å². The second-order valence-corrected chi connectivity index (χ2v) is 3.84. The molecule has 0 atom stereocenters. The van der Waals surface area contributed by atoms with Crippen LogP contribution in [0.2, 0.25) is 0 Å². The number of benzene rings is 1. The largest absolute Gasteiger partial charge is 0.321 e. The molecule has 1 aliphatic rings. The van der Waals surface area contributed by atoms with Crippen LogP contribution in [-0.2, 0) is 5.54 Å². The van der Waals surface area contributed by atoms with E-state index in [1.807, 2.05) is 6.07 Å². The molecule has 0 saturated heterocycles. The van der Waals surface area contributed by atoms with E-state index in [2.05, 4.69) is 0 Å². The van der Waals surface area contributed by atoms with Crippen LogP contribution < -0.4 is 5.73 Å². The maximum atomic E-state index is 13.4. The molecule has 1 fully saturated rings. The number of hydrogen-bond donors (Lipinski definition) is 1. The van der Waals surface area contributed by atoms with Crippen LogP contribution in [0.5, 0.6) is 0 Å². The third-order valence-corrected chi connectivity index (χ3v) is 2.91. The van der Waals surface area contributed by atoms with Gasteiger partial charge in [-0.2, -0.15) is 0 Å². The Morgan fingerprint density at radius 1 is 1.14 bits per heavy atom. The predicted molar refractivity (Wildman–Crippen MR) is 58.0 cm³/mol. The van der Waals surface area contributed by atoms with Gasteiger partial charge in [-0.1, -0.05) is 31.0 Å². The summed E-state index contributed by atoms with van der Waals surface area (Å²) < 4.78 is 13.4. The van der Waals surface area contributed by atoms with Crippen molar-refractivity contribution in [2.45, 2.75) is 31.2 Å². The summed E-state index contributed by atoms with van der Waals surface area (Å²) >= 11 is 0. The van der Waals surface area contributed by atoms with Gasteiger partial charge in [-0.15, -0.1) is 12.4 Å². The first kappa shape index (κ1) is 11.5. The maximum Gasteiger partial charge on any atom is 0.128 e. The van der Waals surface area contributed by atoms with Crippen LogP contribution in [0.15, 0.2) is 24.3 Å². The Balaban J connectivity index is 0.000000980. The molecule has 0 spiro atoms. The number of halogens is 2. The molecule has 3 heteroatoms. The van der Waals surface area contributed by atoms with Gasteiger partial charge in [0.2, 0.25) is 0 Å². The van der Waals surface area contributed by atoms with Crippen LogP contribution in [0.3, 0.4) is 0 Å². The van der Waals surface area contributed by atoms with Gasteiger partial charge < -0.3 is 5.73 Å². The van der Waals surface area contributed by atoms with Crippen LogP contribution in [0, 0.1) is 5.82 Å². The lowest BCUT2D eigenvalue weighted by atomic mass is 9.89. The van der Waals surface area contributed by atoms with E-state index in [0.717, 1.165) is 25.7 Å². The first-order valence-corrected chi connectivity index (χ1v) is 4.76. The molecule has 0 radical (unpaired) electrons. The van der Waals surface area contributed by atoms with Crippen molar-refractivity contribution in [3.63, 3.8) is 0 Å². The van der Waals surface area contributed by atoms with E-state index in [0.29, 0.717) is 5.56 Å². The molecule has 2 rings (SSSR count). The Labute approximate surface area is 89.9 Å². The lowest BCUT2D eigenvalue weighted by Gasteiger charge is -2.24. The summed E-state index contributed by atoms with van der Waals surface area (Å²) in [6.45, 7) is 0. The lowest BCUT2D eigenvalue weighted by Crippen LogP contribution is -2.34. The molecule has 78 valence electrons. The van der Waals surface area contributed by atoms with Gasteiger partial charge in [0.25, 0.3) is 0 Å². The Bertz CT molecular complexity index is 308. The molecule has 14 heavy (non-hydrogen) atoms. The van der Waals surface area contributed by atoms with E-state index in [9.17, 15) is 4.39 Å². The summed E-state index contributed by atoms with van der Waals surface area (Å²) in [5.41, 5.74) is 6.43. The zero-order valence-corrected chi connectivity index (χ0v) is 8.82. The Hall–Kier alpha value is -0.600. The molecule has 0 bridgehead atoms. The lowest BCUT2D eigenvalue weighted by molar-refractivity contribution is 0.433. The average molecular weight is 216 g/mol. The third kappa shape index (κ3) is 1.91. The molecule has 0 unspecified atom stereocenters. The van der Waals surface area contributed by atoms with Gasteiger partial charge in [-0.05, 0) is 18.9 Å². The first-order valence-electron chi connectivity index (χ1n) is 4.76. The van der Waals surface area contributed by atoms with E-state index in [4.69, 9.17) is 5.73 Å². The molecular weight excluding hydrogens is 201 g/mol. The normalized spacial score (nSPS) is 19.0. The quantitative estimate of drug-likeness (QED) is 0.766. The highest BCUT2D eigenvalue weighted by atomic mass is 35.5. The minimum absolute atomic E-state index is 0. The summed E-state index contributed by atoms with van der Waals surface area (Å²) in [4.78, 5) is 0. The number of nitrogens with two attached hydrogens (primary N) is 1. The molecule has 1 saturated carbocycles. The van der Waals surface area contributed by atoms with Crippen LogP contribution in [-0.4, -0.2) is 0 Å². The Morgan fingerprint density at radius 2 is 1.71 bits per heavy atom. The smallest absolute Gasteiger partial charge is 0.128 e. The van der Waals surface area contributed by atoms with Gasteiger partial charge in [0.05, 0.1) is 0 Å². The van der Waals surface area contributed by atoms with Crippen molar-refractivity contribution in [1.82, 2.24) is 0 Å². The molecule has 2 N–H and O–H groups in total. The zero-order chi connectivity index (χ0) is 9.31. The minimum Gasteiger partial charge on any atom is -0.321 e. The first-order chi connectivity index (χ1) is 6.22. The summed E-state index contributed by atoms with van der Waals surface area (Å²) in [5, 5.41) is 0. The van der Waals surface area contributed by atoms with Crippen LogP contribution in [0.1, 0.15) is 31.2 Å². The monoisotopic (exact) mass is 215 g/mol. The molecule has 0 aliphatic heterocycles. The van der Waals surface area contributed by atoms with Crippen molar-refractivity contribution >= 4 is 12.4 Å². The maximum absolute atomic E-state index is 13.4. The van der Waals surface area contributed by atoms with Gasteiger partial charge >= 0.3 is 0 Å². The molecule has 1 aliphatic carbocycles. The van der Waals surface area contributed by atoms with E-state index >= 15 is 0 Å². The summed E-state index contributed by atoms with van der Waals surface area (Å²) in [5.74, 6) is -0.160. The van der Waals surface area contributed by atoms with Gasteiger partial charge in [-0.3, -0.25) is 0 Å². The highest BCUT2D eigenvalue weighted by Crippen LogP contribution is 2.37. The van der Waals surface area contributed by atoms with Crippen molar-refractivity contribution in [1.29, 1.82) is 0 Å². The van der Waals surface area contributed by atoms with E-state index in [-0.39, 0.29) is 18.2 Å². The van der Waals surface area contributed by atoms with Crippen LogP contribution in [0.4, 0.5) is 4.39 Å². The average Bonchev–Trinajstić information content (AvgIpc) is 2.54. The van der Waals surface area contributed by atoms with Gasteiger partial charge in [0.15, 0.2) is 0 Å². The van der Waals surface area contributed by atoms with Crippen LogP contribution >= 0.6 is 12.4 Å². The van der Waals surface area contributed by atoms with Crippen molar-refractivity contribution in [2.24, 2.45) is 5.73 Å². The molecule has 1 aromatic carbocycles. The Morgan fingerprint density at radius 3 is 2.29 bits per heavy atom. The van der Waals surface area contributed by atoms with Gasteiger partial charge in [-0.25, -0.2) is 4.39 Å². The minimum atomic E-state index is -0.397. The molecule has 0 aromatic heterocycles. The van der Waals surface area contributed by atoms with E-state index in [1.54, 1.807) is 12.1 Å². The van der Waals surface area contributed by atoms with Gasteiger partial charge in [0.1, 0.15) is 5.82 Å². The molecular formula is C11H15ClFN. The topological polar surface area (TPSA) is 26.0 Å². The van der Waals surface area contributed by atoms with Gasteiger partial charge in [0, 0.05) is 11.1 Å². The Kier molecular flexibility index (Phi) is 3.51. The van der Waals surface area contributed by atoms with Crippen molar-refractivity contribution in [2.75, 3.05) is 0 Å². The zero-order valence-electron chi connectivity index (χ0n) is 8.00. The fourth-order valence-corrected chi connectivity index (χ4v) is 2.14. The number of rotatable bonds is 1. The second kappa shape index (κ2) is 4.28. The molecule has 1 aromatic rings. The molecule has 0 amide bonds. The molecule has 0 heterocycles. The van der Waals surface area contributed by atoms with Crippen LogP contribution in [0.25, 0.3) is 0 Å². The summed E-state index contributed by atoms with van der Waals surface area (Å²) in [6, 6.07) is 6.85. The fourth-order valence-electron chi connectivity index (χ4n) is 2.14. The SMILES string of the molecule is Cl.NC1(c2ccccc2F)CCCC1. The summed E-state index contributed by atoms with van der Waals surface area (Å²) in [7, 11) is 0. The summed E-state index contributed by atoms with van der Waals surface area (Å²) in [6.07, 6.45) is 4.05. The van der Waals surface area contributed by atoms with E-state index in [1.165, 1.54) is 6.07 Å². The predicted octanol–water partition coefficient (Wildman–Crippen LogP) is 2.98. The highest BCUT2D eigenvalue weighted by molar-refractivity contribution is 5.85. The standard InChI is InChI=1S/C11H14FN.ClH/c12-10-6-2-1-5-9(10)11(13)7-3-4-8-11;/h1-2,5-6H,3-4,7-8,13H2;1H.